The van der Waals surface area contributed by atoms with Gasteiger partial charge in [-0.05, 0) is 0 Å². The van der Waals surface area contributed by atoms with E-state index < -0.39 is 16.9 Å². The molecule has 0 radical (unpaired) electrons. The number of carbonyl (C=O) groups excluding carboxylic acids is 1. The second-order valence-electron chi connectivity index (χ2n) is 6.91. The molecule has 0 amide bonds. The molecule has 2 aromatic carbocycles. The summed E-state index contributed by atoms with van der Waals surface area (Å²) in [7, 11) is 0. The molecule has 3 heteroatoms. The summed E-state index contributed by atoms with van der Waals surface area (Å²) in [5.41, 5.74) is -2.15. The number of carbonyl (C=O) groups is 1. The number of hydrogen-bond acceptors (Lipinski definition) is 1. The van der Waals surface area contributed by atoms with Crippen molar-refractivity contribution in [2.45, 2.75) is 38.2 Å². The Labute approximate surface area is 156 Å². The molecule has 1 nitrogen and oxygen atoms in total. The quantitative estimate of drug-likeness (QED) is 0.542. The zero-order valence-electron chi connectivity index (χ0n) is 14.9. The second-order valence-corrected chi connectivity index (χ2v) is 9.36. The Morgan fingerprint density at radius 3 is 2.12 bits per heavy atom. The number of rotatable bonds is 5. The first-order chi connectivity index (χ1) is 11.8. The molecule has 25 heavy (non-hydrogen) atoms. The van der Waals surface area contributed by atoms with Crippen molar-refractivity contribution in [3.8, 4) is 11.8 Å². The standard InChI is InChI=1S/C22H23FOSe/c1-21(2,3)20(24)22(23,15-14-18-10-6-4-7-11-18)16-17-25-19-12-8-5-9-13-19/h4-13H,16-17H2,1-3H3. The summed E-state index contributed by atoms with van der Waals surface area (Å²) >= 11 is 0.130. The molecule has 0 saturated heterocycles. The Kier molecular flexibility index (Phi) is 6.59. The molecule has 2 aromatic rings. The molecule has 1 unspecified atom stereocenters. The molecule has 1 atom stereocenters. The van der Waals surface area contributed by atoms with Crippen LogP contribution in [-0.4, -0.2) is 26.4 Å². The van der Waals surface area contributed by atoms with Crippen LogP contribution in [0.25, 0.3) is 0 Å². The van der Waals surface area contributed by atoms with Crippen LogP contribution >= 0.6 is 0 Å². The van der Waals surface area contributed by atoms with Gasteiger partial charge in [0.2, 0.25) is 0 Å². The molecule has 0 aliphatic rings. The van der Waals surface area contributed by atoms with Gasteiger partial charge in [-0.1, -0.05) is 0 Å². The van der Waals surface area contributed by atoms with Crippen molar-refractivity contribution in [1.82, 2.24) is 0 Å². The van der Waals surface area contributed by atoms with Gasteiger partial charge in [0.25, 0.3) is 0 Å². The molecule has 0 fully saturated rings. The Morgan fingerprint density at radius 1 is 1.00 bits per heavy atom. The Bertz CT molecular complexity index is 753. The van der Waals surface area contributed by atoms with Crippen LogP contribution in [0.2, 0.25) is 5.32 Å². The van der Waals surface area contributed by atoms with Crippen LogP contribution in [-0.2, 0) is 4.79 Å². The monoisotopic (exact) mass is 402 g/mol. The number of benzene rings is 2. The van der Waals surface area contributed by atoms with Gasteiger partial charge in [-0.15, -0.1) is 0 Å². The first kappa shape index (κ1) is 19.4. The molecule has 0 aliphatic heterocycles. The van der Waals surface area contributed by atoms with Crippen LogP contribution < -0.4 is 4.46 Å². The molecular weight excluding hydrogens is 378 g/mol. The zero-order valence-corrected chi connectivity index (χ0v) is 16.6. The first-order valence-electron chi connectivity index (χ1n) is 8.31. The van der Waals surface area contributed by atoms with Crippen molar-refractivity contribution in [2.75, 3.05) is 0 Å². The minimum atomic E-state index is -2.11. The Morgan fingerprint density at radius 2 is 1.56 bits per heavy atom. The van der Waals surface area contributed by atoms with E-state index in [-0.39, 0.29) is 21.4 Å². The average molecular weight is 401 g/mol. The SMILES string of the molecule is CC(C)(C)C(=O)C(F)(C#Cc1ccccc1)CC[Se]c1ccccc1. The van der Waals surface area contributed by atoms with Crippen molar-refractivity contribution in [3.05, 3.63) is 66.2 Å². The van der Waals surface area contributed by atoms with Gasteiger partial charge in [0.05, 0.1) is 0 Å². The van der Waals surface area contributed by atoms with Crippen LogP contribution in [0, 0.1) is 17.3 Å². The normalized spacial score (nSPS) is 13.4. The van der Waals surface area contributed by atoms with Crippen molar-refractivity contribution in [3.63, 3.8) is 0 Å². The van der Waals surface area contributed by atoms with E-state index in [0.29, 0.717) is 5.32 Å². The van der Waals surface area contributed by atoms with Gasteiger partial charge in [-0.2, -0.15) is 0 Å². The Hall–Kier alpha value is -1.88. The van der Waals surface area contributed by atoms with Crippen LogP contribution in [0.1, 0.15) is 32.8 Å². The maximum atomic E-state index is 15.6. The average Bonchev–Trinajstić information content (AvgIpc) is 2.60. The van der Waals surface area contributed by atoms with E-state index in [4.69, 9.17) is 0 Å². The summed E-state index contributed by atoms with van der Waals surface area (Å²) in [6.45, 7) is 5.24. The Balaban J connectivity index is 2.17. The summed E-state index contributed by atoms with van der Waals surface area (Å²) in [6.07, 6.45) is 0.137. The molecule has 0 saturated carbocycles. The van der Waals surface area contributed by atoms with E-state index in [1.165, 1.54) is 4.46 Å². The van der Waals surface area contributed by atoms with Crippen molar-refractivity contribution >= 4 is 25.2 Å². The molecule has 0 aliphatic carbocycles. The van der Waals surface area contributed by atoms with Gasteiger partial charge in [0, 0.05) is 0 Å². The van der Waals surface area contributed by atoms with Crippen LogP contribution in [0.5, 0.6) is 0 Å². The number of hydrogen-bond donors (Lipinski definition) is 0. The molecule has 2 rings (SSSR count). The van der Waals surface area contributed by atoms with E-state index in [9.17, 15) is 4.79 Å². The summed E-state index contributed by atoms with van der Waals surface area (Å²) in [6, 6.07) is 19.3. The third-order valence-electron chi connectivity index (χ3n) is 3.68. The maximum absolute atomic E-state index is 15.6. The summed E-state index contributed by atoms with van der Waals surface area (Å²) < 4.78 is 16.8. The predicted octanol–water partition coefficient (Wildman–Crippen LogP) is 4.20. The van der Waals surface area contributed by atoms with E-state index in [1.54, 1.807) is 20.8 Å². The first-order valence-corrected chi connectivity index (χ1v) is 10.4. The zero-order chi connectivity index (χ0) is 18.3. The summed E-state index contributed by atoms with van der Waals surface area (Å²) in [5.74, 6) is 5.06. The minimum absolute atomic E-state index is 0.130. The van der Waals surface area contributed by atoms with Crippen molar-refractivity contribution in [1.29, 1.82) is 0 Å². The fraction of sp³-hybridized carbons (Fsp3) is 0.318. The predicted molar refractivity (Wildman–Crippen MR) is 103 cm³/mol. The summed E-state index contributed by atoms with van der Waals surface area (Å²) in [4.78, 5) is 12.7. The van der Waals surface area contributed by atoms with E-state index in [2.05, 4.69) is 11.8 Å². The van der Waals surface area contributed by atoms with E-state index in [1.807, 2.05) is 60.7 Å². The molecule has 0 N–H and O–H groups in total. The topological polar surface area (TPSA) is 17.1 Å². The molecule has 0 aromatic heterocycles. The molecular formula is C22H23FOSe. The molecule has 130 valence electrons. The third-order valence-corrected chi connectivity index (χ3v) is 5.81. The van der Waals surface area contributed by atoms with Crippen LogP contribution in [0.4, 0.5) is 4.39 Å². The van der Waals surface area contributed by atoms with Crippen molar-refractivity contribution < 1.29 is 9.18 Å². The van der Waals surface area contributed by atoms with Gasteiger partial charge in [0.1, 0.15) is 0 Å². The number of Topliss-reactive ketones (excluding diaryl/α,β-unsaturated/α-hetero) is 1. The number of halogens is 1. The number of ketones is 1. The summed E-state index contributed by atoms with van der Waals surface area (Å²) in [5, 5.41) is 0.638. The fourth-order valence-electron chi connectivity index (χ4n) is 2.35. The third kappa shape index (κ3) is 5.85. The van der Waals surface area contributed by atoms with Gasteiger partial charge in [-0.25, -0.2) is 0 Å². The van der Waals surface area contributed by atoms with E-state index in [0.717, 1.165) is 5.56 Å². The molecule has 0 spiro atoms. The van der Waals surface area contributed by atoms with Crippen molar-refractivity contribution in [2.24, 2.45) is 5.41 Å². The van der Waals surface area contributed by atoms with Gasteiger partial charge < -0.3 is 0 Å². The molecule has 0 heterocycles. The van der Waals surface area contributed by atoms with Gasteiger partial charge >= 0.3 is 156 Å². The van der Waals surface area contributed by atoms with E-state index >= 15 is 4.39 Å². The number of alkyl halides is 1. The van der Waals surface area contributed by atoms with Crippen LogP contribution in [0.15, 0.2) is 60.7 Å². The van der Waals surface area contributed by atoms with Crippen LogP contribution in [0.3, 0.4) is 0 Å². The van der Waals surface area contributed by atoms with Gasteiger partial charge in [0.15, 0.2) is 0 Å². The second kappa shape index (κ2) is 8.47. The molecule has 0 bridgehead atoms. The van der Waals surface area contributed by atoms with Gasteiger partial charge in [-0.3, -0.25) is 0 Å². The fourth-order valence-corrected chi connectivity index (χ4v) is 4.38.